The second-order valence-corrected chi connectivity index (χ2v) is 6.18. The number of rotatable bonds is 3. The molecule has 0 aliphatic carbocycles. The molecule has 24 heavy (non-hydrogen) atoms. The van der Waals surface area contributed by atoms with Crippen molar-refractivity contribution in [3.8, 4) is 0 Å². The number of nitrogens with one attached hydrogen (secondary N) is 1. The van der Waals surface area contributed by atoms with Crippen LogP contribution in [0.2, 0.25) is 0 Å². The Morgan fingerprint density at radius 3 is 2.71 bits per heavy atom. The van der Waals surface area contributed by atoms with E-state index < -0.39 is 0 Å². The summed E-state index contributed by atoms with van der Waals surface area (Å²) in [6, 6.07) is 14.9. The molecule has 1 N–H and O–H groups in total. The molecule has 4 rings (SSSR count). The Balaban J connectivity index is 1.65. The van der Waals surface area contributed by atoms with E-state index in [1.807, 2.05) is 18.4 Å². The Morgan fingerprint density at radius 1 is 1.08 bits per heavy atom. The smallest absolute Gasteiger partial charge is 0.231 e. The topological polar surface area (TPSA) is 54.8 Å². The van der Waals surface area contributed by atoms with Crippen LogP contribution in [-0.2, 0) is 13.0 Å². The molecule has 0 radical (unpaired) electrons. The van der Waals surface area contributed by atoms with Gasteiger partial charge in [-0.25, -0.2) is 4.98 Å². The quantitative estimate of drug-likeness (QED) is 0.618. The van der Waals surface area contributed by atoms with Crippen molar-refractivity contribution in [1.82, 2.24) is 9.55 Å². The fourth-order valence-electron chi connectivity index (χ4n) is 3.12. The summed E-state index contributed by atoms with van der Waals surface area (Å²) in [6.45, 7) is 4.62. The summed E-state index contributed by atoms with van der Waals surface area (Å²) in [4.78, 5) is 4.36. The highest BCUT2D eigenvalue weighted by molar-refractivity contribution is 5.83. The molecule has 0 aliphatic heterocycles. The second-order valence-electron chi connectivity index (χ2n) is 6.18. The van der Waals surface area contributed by atoms with E-state index in [-0.39, 0.29) is 0 Å². The lowest BCUT2D eigenvalue weighted by molar-refractivity contribution is 0.558. The van der Waals surface area contributed by atoms with Crippen LogP contribution in [0.4, 0.5) is 0 Å². The van der Waals surface area contributed by atoms with E-state index in [0.29, 0.717) is 11.2 Å². The number of nitrogens with zero attached hydrogens (tertiary/aromatic N) is 2. The fourth-order valence-corrected chi connectivity index (χ4v) is 3.12. The van der Waals surface area contributed by atoms with Gasteiger partial charge in [0.15, 0.2) is 0 Å². The predicted molar refractivity (Wildman–Crippen MR) is 95.0 cm³/mol. The Labute approximate surface area is 139 Å². The van der Waals surface area contributed by atoms with E-state index in [4.69, 9.17) is 9.83 Å². The van der Waals surface area contributed by atoms with Crippen LogP contribution >= 0.6 is 0 Å². The molecule has 4 heteroatoms. The minimum absolute atomic E-state index is 0.468. The standard InChI is InChI=1S/C20H19N3O/c1-13-14(2)24-20-18(13)19(21)23(12-22-20)10-9-15-7-8-16-5-3-4-6-17(16)11-15/h3-8,11-12,21H,9-10H2,1-2H3. The van der Waals surface area contributed by atoms with Gasteiger partial charge in [0.1, 0.15) is 17.6 Å². The third kappa shape index (κ3) is 2.40. The summed E-state index contributed by atoms with van der Waals surface area (Å²) in [5.41, 5.74) is 3.29. The van der Waals surface area contributed by atoms with E-state index >= 15 is 0 Å². The molecule has 0 bridgehead atoms. The van der Waals surface area contributed by atoms with E-state index in [9.17, 15) is 0 Å². The summed E-state index contributed by atoms with van der Waals surface area (Å²) < 4.78 is 7.49. The minimum Gasteiger partial charge on any atom is -0.443 e. The molecule has 0 aliphatic rings. The normalized spacial score (nSPS) is 11.4. The van der Waals surface area contributed by atoms with E-state index in [1.54, 1.807) is 6.33 Å². The molecule has 0 spiro atoms. The number of benzene rings is 2. The van der Waals surface area contributed by atoms with Crippen LogP contribution in [0, 0.1) is 19.3 Å². The average molecular weight is 317 g/mol. The molecule has 0 unspecified atom stereocenters. The zero-order chi connectivity index (χ0) is 16.7. The van der Waals surface area contributed by atoms with Crippen molar-refractivity contribution in [2.45, 2.75) is 26.8 Å². The maximum absolute atomic E-state index is 8.45. The molecule has 4 aromatic rings. The van der Waals surface area contributed by atoms with Gasteiger partial charge in [-0.15, -0.1) is 0 Å². The first-order chi connectivity index (χ1) is 11.6. The van der Waals surface area contributed by atoms with Crippen molar-refractivity contribution in [2.24, 2.45) is 0 Å². The molecule has 2 aromatic carbocycles. The SMILES string of the molecule is Cc1oc2ncn(CCc3ccc4ccccc4c3)c(=N)c2c1C. The number of fused-ring (bicyclic) bond motifs is 2. The van der Waals surface area contributed by atoms with Gasteiger partial charge in [0.2, 0.25) is 5.71 Å². The molecule has 0 amide bonds. The summed E-state index contributed by atoms with van der Waals surface area (Å²) in [5, 5.41) is 11.8. The van der Waals surface area contributed by atoms with Crippen LogP contribution in [0.5, 0.6) is 0 Å². The minimum atomic E-state index is 0.468. The molecule has 2 aromatic heterocycles. The van der Waals surface area contributed by atoms with Crippen LogP contribution in [-0.4, -0.2) is 9.55 Å². The van der Waals surface area contributed by atoms with Crippen molar-refractivity contribution in [1.29, 1.82) is 5.41 Å². The third-order valence-corrected chi connectivity index (χ3v) is 4.66. The lowest BCUT2D eigenvalue weighted by atomic mass is 10.1. The summed E-state index contributed by atoms with van der Waals surface area (Å²) in [7, 11) is 0. The highest BCUT2D eigenvalue weighted by Crippen LogP contribution is 2.19. The lowest BCUT2D eigenvalue weighted by Gasteiger charge is -2.08. The molecular weight excluding hydrogens is 298 g/mol. The fraction of sp³-hybridized carbons (Fsp3) is 0.200. The Morgan fingerprint density at radius 2 is 1.88 bits per heavy atom. The number of furan rings is 1. The van der Waals surface area contributed by atoms with E-state index in [0.717, 1.165) is 29.7 Å². The third-order valence-electron chi connectivity index (χ3n) is 4.66. The monoisotopic (exact) mass is 317 g/mol. The molecule has 0 fully saturated rings. The zero-order valence-corrected chi connectivity index (χ0v) is 13.8. The molecular formula is C20H19N3O. The van der Waals surface area contributed by atoms with Gasteiger partial charge < -0.3 is 8.98 Å². The first kappa shape index (κ1) is 14.7. The predicted octanol–water partition coefficient (Wildman–Crippen LogP) is 4.12. The highest BCUT2D eigenvalue weighted by atomic mass is 16.3. The zero-order valence-electron chi connectivity index (χ0n) is 13.8. The van der Waals surface area contributed by atoms with Crippen molar-refractivity contribution in [3.63, 3.8) is 0 Å². The molecule has 0 saturated heterocycles. The van der Waals surface area contributed by atoms with Crippen LogP contribution in [0.15, 0.2) is 53.2 Å². The van der Waals surface area contributed by atoms with Gasteiger partial charge in [0.25, 0.3) is 0 Å². The average Bonchev–Trinajstić information content (AvgIpc) is 2.89. The largest absolute Gasteiger partial charge is 0.443 e. The van der Waals surface area contributed by atoms with Gasteiger partial charge in [-0.1, -0.05) is 42.5 Å². The van der Waals surface area contributed by atoms with E-state index in [2.05, 4.69) is 47.4 Å². The molecule has 0 saturated carbocycles. The maximum atomic E-state index is 8.45. The second kappa shape index (κ2) is 5.64. The number of hydrogen-bond acceptors (Lipinski definition) is 3. The van der Waals surface area contributed by atoms with Gasteiger partial charge in [-0.2, -0.15) is 0 Å². The van der Waals surface area contributed by atoms with Crippen molar-refractivity contribution in [2.75, 3.05) is 0 Å². The van der Waals surface area contributed by atoms with Crippen LogP contribution in [0.25, 0.3) is 21.9 Å². The summed E-state index contributed by atoms with van der Waals surface area (Å²) in [6.07, 6.45) is 2.57. The van der Waals surface area contributed by atoms with E-state index in [1.165, 1.54) is 16.3 Å². The first-order valence-corrected chi connectivity index (χ1v) is 8.11. The van der Waals surface area contributed by atoms with Crippen LogP contribution < -0.4 is 5.49 Å². The van der Waals surface area contributed by atoms with Gasteiger partial charge in [-0.05, 0) is 36.6 Å². The number of aromatic nitrogens is 2. The molecule has 2 heterocycles. The lowest BCUT2D eigenvalue weighted by Crippen LogP contribution is -2.21. The Kier molecular flexibility index (Phi) is 3.45. The van der Waals surface area contributed by atoms with Crippen molar-refractivity contribution < 1.29 is 4.42 Å². The van der Waals surface area contributed by atoms with Crippen molar-refractivity contribution in [3.05, 3.63) is 71.2 Å². The van der Waals surface area contributed by atoms with Crippen LogP contribution in [0.3, 0.4) is 0 Å². The van der Waals surface area contributed by atoms with Gasteiger partial charge >= 0.3 is 0 Å². The van der Waals surface area contributed by atoms with Crippen LogP contribution in [0.1, 0.15) is 16.9 Å². The number of aryl methyl sites for hydroxylation is 4. The Bertz CT molecular complexity index is 1100. The van der Waals surface area contributed by atoms with Crippen molar-refractivity contribution >= 4 is 21.9 Å². The summed E-state index contributed by atoms with van der Waals surface area (Å²) in [5.74, 6) is 0.832. The maximum Gasteiger partial charge on any atom is 0.231 e. The Hall–Kier alpha value is -2.88. The molecule has 120 valence electrons. The summed E-state index contributed by atoms with van der Waals surface area (Å²) >= 11 is 0. The molecule has 0 atom stereocenters. The number of hydrogen-bond donors (Lipinski definition) is 1. The van der Waals surface area contributed by atoms with Gasteiger partial charge in [-0.3, -0.25) is 5.41 Å². The van der Waals surface area contributed by atoms with Gasteiger partial charge in [0, 0.05) is 12.1 Å². The highest BCUT2D eigenvalue weighted by Gasteiger charge is 2.11. The molecule has 4 nitrogen and oxygen atoms in total. The van der Waals surface area contributed by atoms with Gasteiger partial charge in [0.05, 0.1) is 5.39 Å². The first-order valence-electron chi connectivity index (χ1n) is 8.11.